The van der Waals surface area contributed by atoms with Crippen LogP contribution in [0.1, 0.15) is 39.0 Å². The monoisotopic (exact) mass is 297 g/mol. The SMILES string of the molecule is CC1CCCCN1S(=O)(=O)NC(CN)C1CC1.Cl. The summed E-state index contributed by atoms with van der Waals surface area (Å²) in [4.78, 5) is 0. The van der Waals surface area contributed by atoms with Gasteiger partial charge in [0.25, 0.3) is 10.2 Å². The molecule has 108 valence electrons. The second-order valence-corrected chi connectivity index (χ2v) is 6.91. The van der Waals surface area contributed by atoms with Gasteiger partial charge in [0.05, 0.1) is 0 Å². The van der Waals surface area contributed by atoms with Crippen LogP contribution in [0.25, 0.3) is 0 Å². The molecule has 2 aliphatic rings. The van der Waals surface area contributed by atoms with Crippen molar-refractivity contribution in [2.24, 2.45) is 11.7 Å². The molecule has 2 fully saturated rings. The number of nitrogens with one attached hydrogen (secondary N) is 1. The van der Waals surface area contributed by atoms with E-state index in [4.69, 9.17) is 5.73 Å². The molecule has 0 bridgehead atoms. The van der Waals surface area contributed by atoms with Crippen LogP contribution in [0, 0.1) is 5.92 Å². The van der Waals surface area contributed by atoms with Crippen molar-refractivity contribution < 1.29 is 8.42 Å². The molecular weight excluding hydrogens is 274 g/mol. The lowest BCUT2D eigenvalue weighted by molar-refractivity contribution is 0.263. The molecule has 0 aromatic carbocycles. The first-order chi connectivity index (χ1) is 8.04. The van der Waals surface area contributed by atoms with E-state index in [0.717, 1.165) is 32.1 Å². The van der Waals surface area contributed by atoms with Crippen LogP contribution in [0.4, 0.5) is 0 Å². The molecular formula is C11H24ClN3O2S. The lowest BCUT2D eigenvalue weighted by Crippen LogP contribution is -2.52. The fourth-order valence-corrected chi connectivity index (χ4v) is 4.28. The van der Waals surface area contributed by atoms with E-state index >= 15 is 0 Å². The fraction of sp³-hybridized carbons (Fsp3) is 1.00. The van der Waals surface area contributed by atoms with Crippen molar-refractivity contribution in [2.45, 2.75) is 51.1 Å². The summed E-state index contributed by atoms with van der Waals surface area (Å²) >= 11 is 0. The molecule has 0 aromatic rings. The van der Waals surface area contributed by atoms with Gasteiger partial charge in [0, 0.05) is 25.2 Å². The Hall–Kier alpha value is 0.120. The maximum absolute atomic E-state index is 12.3. The van der Waals surface area contributed by atoms with E-state index < -0.39 is 10.2 Å². The highest BCUT2D eigenvalue weighted by molar-refractivity contribution is 7.87. The molecule has 1 aliphatic carbocycles. The Morgan fingerprint density at radius 1 is 1.33 bits per heavy atom. The van der Waals surface area contributed by atoms with Crippen molar-refractivity contribution in [3.8, 4) is 0 Å². The van der Waals surface area contributed by atoms with Crippen LogP contribution >= 0.6 is 12.4 Å². The standard InChI is InChI=1S/C11H23N3O2S.ClH/c1-9-4-2-3-7-14(9)17(15,16)13-11(8-12)10-5-6-10;/h9-11,13H,2-8,12H2,1H3;1H. The van der Waals surface area contributed by atoms with Gasteiger partial charge < -0.3 is 5.73 Å². The topological polar surface area (TPSA) is 75.4 Å². The van der Waals surface area contributed by atoms with Gasteiger partial charge in [-0.05, 0) is 38.5 Å². The third-order valence-corrected chi connectivity index (χ3v) is 5.56. The van der Waals surface area contributed by atoms with Gasteiger partial charge in [0.2, 0.25) is 0 Å². The molecule has 2 unspecified atom stereocenters. The summed E-state index contributed by atoms with van der Waals surface area (Å²) in [6.07, 6.45) is 5.23. The van der Waals surface area contributed by atoms with E-state index in [0.29, 0.717) is 19.0 Å². The molecule has 1 saturated carbocycles. The number of hydrogen-bond donors (Lipinski definition) is 2. The van der Waals surface area contributed by atoms with E-state index in [2.05, 4.69) is 4.72 Å². The average Bonchev–Trinajstić information content (AvgIpc) is 3.10. The van der Waals surface area contributed by atoms with Crippen LogP contribution in [-0.4, -0.2) is 37.9 Å². The molecule has 1 heterocycles. The summed E-state index contributed by atoms with van der Waals surface area (Å²) < 4.78 is 28.9. The van der Waals surface area contributed by atoms with E-state index in [1.807, 2.05) is 6.92 Å². The van der Waals surface area contributed by atoms with Gasteiger partial charge in [-0.25, -0.2) is 0 Å². The van der Waals surface area contributed by atoms with E-state index in [-0.39, 0.29) is 24.5 Å². The van der Waals surface area contributed by atoms with Crippen LogP contribution in [0.2, 0.25) is 0 Å². The van der Waals surface area contributed by atoms with Crippen molar-refractivity contribution in [1.29, 1.82) is 0 Å². The minimum atomic E-state index is -3.35. The second-order valence-electron chi connectivity index (χ2n) is 5.26. The highest BCUT2D eigenvalue weighted by Crippen LogP contribution is 2.33. The molecule has 0 radical (unpaired) electrons. The molecule has 7 heteroatoms. The zero-order valence-electron chi connectivity index (χ0n) is 10.8. The summed E-state index contributed by atoms with van der Waals surface area (Å²) in [6.45, 7) is 3.01. The first-order valence-corrected chi connectivity index (χ1v) is 7.98. The predicted molar refractivity (Wildman–Crippen MR) is 74.9 cm³/mol. The lowest BCUT2D eigenvalue weighted by Gasteiger charge is -2.33. The third kappa shape index (κ3) is 3.81. The zero-order chi connectivity index (χ0) is 12.5. The first-order valence-electron chi connectivity index (χ1n) is 6.54. The lowest BCUT2D eigenvalue weighted by atomic mass is 10.1. The number of piperidine rings is 1. The van der Waals surface area contributed by atoms with Crippen molar-refractivity contribution in [3.63, 3.8) is 0 Å². The Morgan fingerprint density at radius 2 is 2.00 bits per heavy atom. The van der Waals surface area contributed by atoms with Crippen LogP contribution in [0.5, 0.6) is 0 Å². The molecule has 18 heavy (non-hydrogen) atoms. The quantitative estimate of drug-likeness (QED) is 0.790. The van der Waals surface area contributed by atoms with Crippen LogP contribution in [0.15, 0.2) is 0 Å². The molecule has 0 spiro atoms. The fourth-order valence-electron chi connectivity index (χ4n) is 2.52. The molecule has 5 nitrogen and oxygen atoms in total. The Morgan fingerprint density at radius 3 is 2.50 bits per heavy atom. The molecule has 0 amide bonds. The predicted octanol–water partition coefficient (Wildman–Crippen LogP) is 0.854. The van der Waals surface area contributed by atoms with E-state index in [9.17, 15) is 8.42 Å². The van der Waals surface area contributed by atoms with Gasteiger partial charge in [0.1, 0.15) is 0 Å². The summed E-state index contributed by atoms with van der Waals surface area (Å²) in [7, 11) is -3.35. The second kappa shape index (κ2) is 6.52. The Kier molecular flexibility index (Phi) is 5.86. The average molecular weight is 298 g/mol. The zero-order valence-corrected chi connectivity index (χ0v) is 12.5. The summed E-state index contributed by atoms with van der Waals surface area (Å²) in [6, 6.07) is 0.0352. The van der Waals surface area contributed by atoms with Crippen LogP contribution < -0.4 is 10.5 Å². The summed E-state index contributed by atoms with van der Waals surface area (Å²) in [5, 5.41) is 0. The Bertz CT molecular complexity index is 359. The Balaban J connectivity index is 0.00000162. The van der Waals surface area contributed by atoms with Crippen LogP contribution in [-0.2, 0) is 10.2 Å². The molecule has 0 aromatic heterocycles. The van der Waals surface area contributed by atoms with Gasteiger partial charge in [-0.3, -0.25) is 0 Å². The highest BCUT2D eigenvalue weighted by atomic mass is 35.5. The van der Waals surface area contributed by atoms with Crippen molar-refractivity contribution >= 4 is 22.6 Å². The normalized spacial score (nSPS) is 27.6. The summed E-state index contributed by atoms with van der Waals surface area (Å²) in [5.74, 6) is 0.454. The van der Waals surface area contributed by atoms with Crippen LogP contribution in [0.3, 0.4) is 0 Å². The maximum atomic E-state index is 12.3. The number of nitrogens with two attached hydrogens (primary N) is 1. The minimum Gasteiger partial charge on any atom is -0.329 e. The van der Waals surface area contributed by atoms with E-state index in [1.54, 1.807) is 4.31 Å². The smallest absolute Gasteiger partial charge is 0.279 e. The molecule has 3 N–H and O–H groups in total. The Labute approximate surface area is 116 Å². The van der Waals surface area contributed by atoms with E-state index in [1.165, 1.54) is 0 Å². The number of nitrogens with zero attached hydrogens (tertiary/aromatic N) is 1. The number of rotatable bonds is 5. The minimum absolute atomic E-state index is 0. The third-order valence-electron chi connectivity index (χ3n) is 3.80. The summed E-state index contributed by atoms with van der Waals surface area (Å²) in [5.41, 5.74) is 5.64. The van der Waals surface area contributed by atoms with Gasteiger partial charge in [-0.1, -0.05) is 6.42 Å². The van der Waals surface area contributed by atoms with Gasteiger partial charge in [-0.2, -0.15) is 17.4 Å². The van der Waals surface area contributed by atoms with Crippen molar-refractivity contribution in [1.82, 2.24) is 9.03 Å². The van der Waals surface area contributed by atoms with Crippen molar-refractivity contribution in [3.05, 3.63) is 0 Å². The first kappa shape index (κ1) is 16.2. The molecule has 2 rings (SSSR count). The number of halogens is 1. The molecule has 1 aliphatic heterocycles. The van der Waals surface area contributed by atoms with Gasteiger partial charge in [0.15, 0.2) is 0 Å². The molecule has 1 saturated heterocycles. The number of hydrogen-bond acceptors (Lipinski definition) is 3. The largest absolute Gasteiger partial charge is 0.329 e. The van der Waals surface area contributed by atoms with Gasteiger partial charge >= 0.3 is 0 Å². The van der Waals surface area contributed by atoms with Crippen molar-refractivity contribution in [2.75, 3.05) is 13.1 Å². The maximum Gasteiger partial charge on any atom is 0.279 e. The van der Waals surface area contributed by atoms with Gasteiger partial charge in [-0.15, -0.1) is 12.4 Å². The highest BCUT2D eigenvalue weighted by Gasteiger charge is 2.36. The molecule has 2 atom stereocenters.